The number of allylic oxidation sites excluding steroid dienone is 1. The third-order valence-corrected chi connectivity index (χ3v) is 1.71. The third kappa shape index (κ3) is 2.94. The van der Waals surface area contributed by atoms with Crippen molar-refractivity contribution in [3.05, 3.63) is 42.1 Å². The van der Waals surface area contributed by atoms with Crippen LogP contribution in [0.4, 0.5) is 5.69 Å². The molecule has 1 N–H and O–H groups in total. The molecule has 1 aromatic rings. The van der Waals surface area contributed by atoms with Gasteiger partial charge in [-0.3, -0.25) is 0 Å². The molecule has 1 heteroatoms. The number of benzene rings is 1. The molecule has 72 valence electrons. The summed E-state index contributed by atoms with van der Waals surface area (Å²) in [5.74, 6) is 0. The highest BCUT2D eigenvalue weighted by atomic mass is 14.8. The molecular formula is C12H19N. The quantitative estimate of drug-likeness (QED) is 0.635. The van der Waals surface area contributed by atoms with Gasteiger partial charge in [0.2, 0.25) is 0 Å². The largest absolute Gasteiger partial charge is 0.362 e. The Balaban J connectivity index is 0.000000381. The van der Waals surface area contributed by atoms with Crippen LogP contribution in [0.2, 0.25) is 0 Å². The lowest BCUT2D eigenvalue weighted by Gasteiger charge is -2.10. The molecule has 1 aromatic carbocycles. The fraction of sp³-hybridized carbons (Fsp3) is 0.333. The molecule has 2 rings (SSSR count). The minimum absolute atomic E-state index is 0. The van der Waals surface area contributed by atoms with E-state index in [2.05, 4.69) is 43.4 Å². The normalized spacial score (nSPS) is 12.2. The fourth-order valence-electron chi connectivity index (χ4n) is 1.17. The number of nitrogens with one attached hydrogen (secondary N) is 1. The van der Waals surface area contributed by atoms with E-state index in [-0.39, 0.29) is 1.43 Å². The van der Waals surface area contributed by atoms with Gasteiger partial charge in [0.05, 0.1) is 0 Å². The van der Waals surface area contributed by atoms with E-state index in [0.717, 1.165) is 6.42 Å². The Hall–Kier alpha value is -1.24. The maximum Gasteiger partial charge on any atom is 0.0415 e. The van der Waals surface area contributed by atoms with Crippen molar-refractivity contribution in [1.82, 2.24) is 0 Å². The zero-order chi connectivity index (χ0) is 9.52. The summed E-state index contributed by atoms with van der Waals surface area (Å²) in [4.78, 5) is 0. The molecule has 1 aliphatic rings. The smallest absolute Gasteiger partial charge is 0.0415 e. The first-order valence-electron chi connectivity index (χ1n) is 4.88. The molecular weight excluding hydrogens is 158 g/mol. The number of fused-ring (bicyclic) bond motifs is 1. The average molecular weight is 177 g/mol. The number of anilines is 1. The molecule has 0 fully saturated rings. The van der Waals surface area contributed by atoms with Gasteiger partial charge in [-0.15, -0.1) is 0 Å². The zero-order valence-electron chi connectivity index (χ0n) is 8.38. The summed E-state index contributed by atoms with van der Waals surface area (Å²) in [6.45, 7) is 4.25. The van der Waals surface area contributed by atoms with Gasteiger partial charge in [0.25, 0.3) is 0 Å². The minimum atomic E-state index is 0. The first-order valence-corrected chi connectivity index (χ1v) is 4.88. The van der Waals surface area contributed by atoms with Crippen LogP contribution < -0.4 is 5.32 Å². The van der Waals surface area contributed by atoms with Crippen molar-refractivity contribution in [3.8, 4) is 0 Å². The highest BCUT2D eigenvalue weighted by Gasteiger charge is 1.99. The van der Waals surface area contributed by atoms with Crippen LogP contribution in [0.5, 0.6) is 0 Å². The predicted octanol–water partition coefficient (Wildman–Crippen LogP) is 3.83. The molecule has 0 aliphatic carbocycles. The van der Waals surface area contributed by atoms with Gasteiger partial charge in [-0.1, -0.05) is 44.5 Å². The molecule has 0 saturated heterocycles. The lowest BCUT2D eigenvalue weighted by molar-refractivity contribution is 1.09. The van der Waals surface area contributed by atoms with Crippen LogP contribution in [0.15, 0.2) is 36.5 Å². The van der Waals surface area contributed by atoms with Crippen LogP contribution in [0.1, 0.15) is 27.3 Å². The van der Waals surface area contributed by atoms with Gasteiger partial charge in [0, 0.05) is 7.11 Å². The van der Waals surface area contributed by atoms with Crippen molar-refractivity contribution in [3.63, 3.8) is 0 Å². The molecule has 0 spiro atoms. The Bertz CT molecular complexity index is 254. The van der Waals surface area contributed by atoms with Crippen molar-refractivity contribution in [2.45, 2.75) is 26.7 Å². The van der Waals surface area contributed by atoms with Gasteiger partial charge >= 0.3 is 0 Å². The summed E-state index contributed by atoms with van der Waals surface area (Å²) in [5, 5.41) is 3.18. The maximum atomic E-state index is 3.18. The van der Waals surface area contributed by atoms with Crippen LogP contribution in [0.25, 0.3) is 0 Å². The Kier molecular flexibility index (Phi) is 4.10. The van der Waals surface area contributed by atoms with Crippen molar-refractivity contribution in [2.75, 3.05) is 5.32 Å². The van der Waals surface area contributed by atoms with Crippen molar-refractivity contribution in [1.29, 1.82) is 0 Å². The molecule has 13 heavy (non-hydrogen) atoms. The van der Waals surface area contributed by atoms with Crippen LogP contribution in [-0.2, 0) is 6.42 Å². The monoisotopic (exact) mass is 177 g/mol. The molecule has 0 atom stereocenters. The van der Waals surface area contributed by atoms with Gasteiger partial charge in [-0.2, -0.15) is 0 Å². The first kappa shape index (κ1) is 9.85. The lowest BCUT2D eigenvalue weighted by Crippen LogP contribution is -1.98. The van der Waals surface area contributed by atoms with Crippen molar-refractivity contribution < 1.29 is 1.43 Å². The molecule has 0 radical (unpaired) electrons. The van der Waals surface area contributed by atoms with Gasteiger partial charge in [0.15, 0.2) is 0 Å². The van der Waals surface area contributed by atoms with Gasteiger partial charge in [0.1, 0.15) is 0 Å². The highest BCUT2D eigenvalue weighted by Crippen LogP contribution is 2.18. The van der Waals surface area contributed by atoms with Gasteiger partial charge in [-0.25, -0.2) is 0 Å². The summed E-state index contributed by atoms with van der Waals surface area (Å²) >= 11 is 0. The third-order valence-electron chi connectivity index (χ3n) is 1.71. The highest BCUT2D eigenvalue weighted by molar-refractivity contribution is 5.55. The molecule has 1 heterocycles. The predicted molar refractivity (Wildman–Crippen MR) is 61.0 cm³/mol. The van der Waals surface area contributed by atoms with Crippen LogP contribution in [0.3, 0.4) is 0 Å². The lowest BCUT2D eigenvalue weighted by atomic mass is 10.1. The fourth-order valence-corrected chi connectivity index (χ4v) is 1.17. The first-order chi connectivity index (χ1) is 6.38. The van der Waals surface area contributed by atoms with E-state index in [9.17, 15) is 0 Å². The summed E-state index contributed by atoms with van der Waals surface area (Å²) in [6.07, 6.45) is 6.42. The van der Waals surface area contributed by atoms with E-state index in [4.69, 9.17) is 0 Å². The Morgan fingerprint density at radius 3 is 2.69 bits per heavy atom. The second kappa shape index (κ2) is 5.41. The molecule has 0 aromatic heterocycles. The van der Waals surface area contributed by atoms with E-state index in [0.29, 0.717) is 0 Å². The van der Waals surface area contributed by atoms with E-state index < -0.39 is 0 Å². The SMILES string of the molecule is C1=CNc2ccccc2C1.CCC.[HH]. The minimum Gasteiger partial charge on any atom is -0.362 e. The maximum absolute atomic E-state index is 3.18. The second-order valence-electron chi connectivity index (χ2n) is 3.12. The van der Waals surface area contributed by atoms with E-state index in [1.165, 1.54) is 17.7 Å². The number of hydrogen-bond acceptors (Lipinski definition) is 1. The summed E-state index contributed by atoms with van der Waals surface area (Å²) in [6, 6.07) is 8.36. The van der Waals surface area contributed by atoms with Crippen LogP contribution in [-0.4, -0.2) is 0 Å². The molecule has 0 saturated carbocycles. The number of hydrogen-bond donors (Lipinski definition) is 1. The van der Waals surface area contributed by atoms with Crippen LogP contribution in [0, 0.1) is 0 Å². The zero-order valence-corrected chi connectivity index (χ0v) is 8.38. The molecule has 0 bridgehead atoms. The van der Waals surface area contributed by atoms with Gasteiger partial charge < -0.3 is 5.32 Å². The van der Waals surface area contributed by atoms with Crippen molar-refractivity contribution in [2.24, 2.45) is 0 Å². The van der Waals surface area contributed by atoms with Gasteiger partial charge in [-0.05, 0) is 24.3 Å². The Morgan fingerprint density at radius 1 is 1.31 bits per heavy atom. The Morgan fingerprint density at radius 2 is 2.00 bits per heavy atom. The molecule has 0 unspecified atom stereocenters. The van der Waals surface area contributed by atoms with Crippen molar-refractivity contribution >= 4 is 5.69 Å². The van der Waals surface area contributed by atoms with E-state index in [1.54, 1.807) is 0 Å². The number of para-hydroxylation sites is 1. The molecule has 0 amide bonds. The average Bonchev–Trinajstić information content (AvgIpc) is 2.19. The second-order valence-corrected chi connectivity index (χ2v) is 3.12. The summed E-state index contributed by atoms with van der Waals surface area (Å²) < 4.78 is 0. The summed E-state index contributed by atoms with van der Waals surface area (Å²) in [5.41, 5.74) is 2.62. The topological polar surface area (TPSA) is 12.0 Å². The standard InChI is InChI=1S/C9H9N.C3H8.H2/c1-2-6-9-8(4-1)5-3-7-10-9;1-3-2;/h1-4,6-7,10H,5H2;3H2,1-2H3;1H. The number of rotatable bonds is 0. The summed E-state index contributed by atoms with van der Waals surface area (Å²) in [7, 11) is 0. The van der Waals surface area contributed by atoms with E-state index >= 15 is 0 Å². The Labute approximate surface area is 82.0 Å². The molecule has 1 nitrogen and oxygen atoms in total. The van der Waals surface area contributed by atoms with Crippen LogP contribution >= 0.6 is 0 Å². The van der Waals surface area contributed by atoms with E-state index in [1.807, 2.05) is 12.3 Å². The molecule has 1 aliphatic heterocycles.